The Balaban J connectivity index is 2.85. The van der Waals surface area contributed by atoms with Crippen molar-refractivity contribution < 1.29 is 0 Å². The van der Waals surface area contributed by atoms with Gasteiger partial charge < -0.3 is 0 Å². The SMILES string of the molecule is N#Cc1cc(Cl)c2ccc(Br)cc2n1. The smallest absolute Gasteiger partial charge is 0.142 e. The van der Waals surface area contributed by atoms with Gasteiger partial charge in [0.2, 0.25) is 0 Å². The molecule has 2 aromatic rings. The largest absolute Gasteiger partial charge is 0.237 e. The number of nitrogens with zero attached hydrogens (tertiary/aromatic N) is 2. The fourth-order valence-corrected chi connectivity index (χ4v) is 1.83. The average Bonchev–Trinajstić information content (AvgIpc) is 2.16. The van der Waals surface area contributed by atoms with Gasteiger partial charge in [-0.3, -0.25) is 0 Å². The zero-order valence-electron chi connectivity index (χ0n) is 6.96. The molecule has 14 heavy (non-hydrogen) atoms. The average molecular weight is 268 g/mol. The van der Waals surface area contributed by atoms with Crippen molar-refractivity contribution in [2.45, 2.75) is 0 Å². The topological polar surface area (TPSA) is 36.7 Å². The van der Waals surface area contributed by atoms with Crippen molar-refractivity contribution in [3.8, 4) is 6.07 Å². The van der Waals surface area contributed by atoms with Crippen LogP contribution in [0.4, 0.5) is 0 Å². The first-order valence-corrected chi connectivity index (χ1v) is 5.04. The summed E-state index contributed by atoms with van der Waals surface area (Å²) in [5.41, 5.74) is 1.06. The van der Waals surface area contributed by atoms with Gasteiger partial charge in [0.05, 0.1) is 10.5 Å². The van der Waals surface area contributed by atoms with Gasteiger partial charge in [0.15, 0.2) is 0 Å². The summed E-state index contributed by atoms with van der Waals surface area (Å²) in [5, 5.41) is 10.1. The van der Waals surface area contributed by atoms with Crippen LogP contribution in [0.2, 0.25) is 5.02 Å². The van der Waals surface area contributed by atoms with Gasteiger partial charge >= 0.3 is 0 Å². The molecule has 0 amide bonds. The van der Waals surface area contributed by atoms with Crippen LogP contribution in [0.15, 0.2) is 28.7 Å². The van der Waals surface area contributed by atoms with Gasteiger partial charge in [-0.05, 0) is 18.2 Å². The van der Waals surface area contributed by atoms with Crippen LogP contribution in [0.25, 0.3) is 10.9 Å². The molecule has 0 N–H and O–H groups in total. The van der Waals surface area contributed by atoms with Gasteiger partial charge in [-0.2, -0.15) is 5.26 Å². The van der Waals surface area contributed by atoms with E-state index < -0.39 is 0 Å². The number of pyridine rings is 1. The van der Waals surface area contributed by atoms with E-state index in [1.54, 1.807) is 6.07 Å². The van der Waals surface area contributed by atoms with Crippen LogP contribution in [-0.2, 0) is 0 Å². The maximum atomic E-state index is 8.71. The van der Waals surface area contributed by atoms with Gasteiger partial charge in [0.1, 0.15) is 11.8 Å². The van der Waals surface area contributed by atoms with Crippen molar-refractivity contribution in [3.05, 3.63) is 39.5 Å². The zero-order valence-corrected chi connectivity index (χ0v) is 9.30. The molecule has 0 unspecified atom stereocenters. The van der Waals surface area contributed by atoms with E-state index in [-0.39, 0.29) is 0 Å². The molecule has 0 aliphatic carbocycles. The standard InChI is InChI=1S/C10H4BrClN2/c11-6-1-2-8-9(12)4-7(5-13)14-10(8)3-6/h1-4H. The minimum atomic E-state index is 0.334. The lowest BCUT2D eigenvalue weighted by molar-refractivity contribution is 1.32. The molecule has 2 rings (SSSR count). The third-order valence-corrected chi connectivity index (χ3v) is 2.64. The summed E-state index contributed by atoms with van der Waals surface area (Å²) in [6.45, 7) is 0. The summed E-state index contributed by atoms with van der Waals surface area (Å²) in [6, 6.07) is 9.13. The predicted octanol–water partition coefficient (Wildman–Crippen LogP) is 3.52. The molecule has 0 fully saturated rings. The molecule has 1 heterocycles. The van der Waals surface area contributed by atoms with Crippen LogP contribution in [0.1, 0.15) is 5.69 Å². The van der Waals surface area contributed by atoms with Gasteiger partial charge in [-0.25, -0.2) is 4.98 Å². The summed E-state index contributed by atoms with van der Waals surface area (Å²) in [7, 11) is 0. The molecule has 0 aliphatic heterocycles. The van der Waals surface area contributed by atoms with Crippen molar-refractivity contribution in [2.75, 3.05) is 0 Å². The monoisotopic (exact) mass is 266 g/mol. The first kappa shape index (κ1) is 9.45. The Morgan fingerprint density at radius 1 is 1.36 bits per heavy atom. The Bertz CT molecular complexity index is 546. The van der Waals surface area contributed by atoms with E-state index in [2.05, 4.69) is 20.9 Å². The summed E-state index contributed by atoms with van der Waals surface area (Å²) >= 11 is 9.32. The molecule has 0 bridgehead atoms. The number of benzene rings is 1. The van der Waals surface area contributed by atoms with E-state index in [4.69, 9.17) is 16.9 Å². The molecule has 0 saturated carbocycles. The lowest BCUT2D eigenvalue weighted by Crippen LogP contribution is -1.85. The van der Waals surface area contributed by atoms with Crippen molar-refractivity contribution in [2.24, 2.45) is 0 Å². The molecule has 0 saturated heterocycles. The Morgan fingerprint density at radius 2 is 2.14 bits per heavy atom. The molecule has 1 aromatic heterocycles. The third kappa shape index (κ3) is 1.59. The van der Waals surface area contributed by atoms with E-state index in [0.29, 0.717) is 10.7 Å². The molecular weight excluding hydrogens is 263 g/mol. The molecule has 0 atom stereocenters. The quantitative estimate of drug-likeness (QED) is 0.732. The van der Waals surface area contributed by atoms with Crippen LogP contribution in [-0.4, -0.2) is 4.98 Å². The summed E-state index contributed by atoms with van der Waals surface area (Å²) in [6.07, 6.45) is 0. The summed E-state index contributed by atoms with van der Waals surface area (Å²) in [5.74, 6) is 0. The Hall–Kier alpha value is -1.11. The minimum Gasteiger partial charge on any atom is -0.237 e. The number of hydrogen-bond acceptors (Lipinski definition) is 2. The lowest BCUT2D eigenvalue weighted by atomic mass is 10.2. The Kier molecular flexibility index (Phi) is 2.40. The number of fused-ring (bicyclic) bond motifs is 1. The normalized spacial score (nSPS) is 10.1. The van der Waals surface area contributed by atoms with Crippen molar-refractivity contribution >= 4 is 38.4 Å². The highest BCUT2D eigenvalue weighted by atomic mass is 79.9. The molecule has 0 aliphatic rings. The molecule has 4 heteroatoms. The molecule has 0 spiro atoms. The predicted molar refractivity (Wildman–Crippen MR) is 59.2 cm³/mol. The van der Waals surface area contributed by atoms with Crippen LogP contribution in [0.3, 0.4) is 0 Å². The highest BCUT2D eigenvalue weighted by Crippen LogP contribution is 2.25. The van der Waals surface area contributed by atoms with Crippen LogP contribution >= 0.6 is 27.5 Å². The second-order valence-corrected chi connectivity index (χ2v) is 4.09. The molecular formula is C10H4BrClN2. The number of hydrogen-bond donors (Lipinski definition) is 0. The highest BCUT2D eigenvalue weighted by Gasteiger charge is 2.03. The number of rotatable bonds is 0. The van der Waals surface area contributed by atoms with Gasteiger partial charge in [-0.15, -0.1) is 0 Å². The first-order chi connectivity index (χ1) is 6.70. The van der Waals surface area contributed by atoms with Gasteiger partial charge in [0.25, 0.3) is 0 Å². The molecule has 2 nitrogen and oxygen atoms in total. The van der Waals surface area contributed by atoms with E-state index in [1.165, 1.54) is 0 Å². The third-order valence-electron chi connectivity index (χ3n) is 1.84. The minimum absolute atomic E-state index is 0.334. The zero-order chi connectivity index (χ0) is 10.1. The molecule has 1 aromatic carbocycles. The Morgan fingerprint density at radius 3 is 2.86 bits per heavy atom. The lowest BCUT2D eigenvalue weighted by Gasteiger charge is -2.00. The second-order valence-electron chi connectivity index (χ2n) is 2.76. The maximum absolute atomic E-state index is 8.71. The van der Waals surface area contributed by atoms with Crippen LogP contribution in [0, 0.1) is 11.3 Å². The number of aromatic nitrogens is 1. The second kappa shape index (κ2) is 3.56. The summed E-state index contributed by atoms with van der Waals surface area (Å²) in [4.78, 5) is 4.14. The number of halogens is 2. The maximum Gasteiger partial charge on any atom is 0.142 e. The van der Waals surface area contributed by atoms with Crippen molar-refractivity contribution in [1.82, 2.24) is 4.98 Å². The fraction of sp³-hybridized carbons (Fsp3) is 0. The Labute approximate surface area is 94.3 Å². The molecule has 0 radical (unpaired) electrons. The van der Waals surface area contributed by atoms with Gasteiger partial charge in [-0.1, -0.05) is 33.6 Å². The van der Waals surface area contributed by atoms with Gasteiger partial charge in [0, 0.05) is 9.86 Å². The van der Waals surface area contributed by atoms with Crippen LogP contribution < -0.4 is 0 Å². The molecule has 68 valence electrons. The first-order valence-electron chi connectivity index (χ1n) is 3.86. The van der Waals surface area contributed by atoms with Crippen molar-refractivity contribution in [1.29, 1.82) is 5.26 Å². The van der Waals surface area contributed by atoms with E-state index in [0.717, 1.165) is 15.4 Å². The van der Waals surface area contributed by atoms with Crippen LogP contribution in [0.5, 0.6) is 0 Å². The van der Waals surface area contributed by atoms with Crippen molar-refractivity contribution in [3.63, 3.8) is 0 Å². The van der Waals surface area contributed by atoms with E-state index in [9.17, 15) is 0 Å². The van der Waals surface area contributed by atoms with E-state index in [1.807, 2.05) is 24.3 Å². The summed E-state index contributed by atoms with van der Waals surface area (Å²) < 4.78 is 0.920. The van der Waals surface area contributed by atoms with E-state index >= 15 is 0 Å². The fourth-order valence-electron chi connectivity index (χ4n) is 1.22. The number of nitriles is 1. The highest BCUT2D eigenvalue weighted by molar-refractivity contribution is 9.10.